The van der Waals surface area contributed by atoms with Crippen LogP contribution < -0.4 is 5.32 Å². The summed E-state index contributed by atoms with van der Waals surface area (Å²) in [7, 11) is 0. The highest BCUT2D eigenvalue weighted by atomic mass is 79.9. The molecular weight excluding hydrogens is 285 g/mol. The van der Waals surface area contributed by atoms with Crippen LogP contribution in [0, 0.1) is 5.82 Å². The van der Waals surface area contributed by atoms with Crippen LogP contribution in [0.4, 0.5) is 10.1 Å². The minimum Gasteiger partial charge on any atom is -0.382 e. The summed E-state index contributed by atoms with van der Waals surface area (Å²) >= 11 is 3.15. The monoisotopic (exact) mass is 301 g/mol. The fourth-order valence-corrected chi connectivity index (χ4v) is 2.42. The summed E-state index contributed by atoms with van der Waals surface area (Å²) < 4.78 is 19.5. The number of rotatable bonds is 2. The summed E-state index contributed by atoms with van der Waals surface area (Å²) in [6.07, 6.45) is 1.89. The first-order valence-electron chi connectivity index (χ1n) is 5.82. The quantitative estimate of drug-likeness (QED) is 0.893. The lowest BCUT2D eigenvalue weighted by Crippen LogP contribution is -2.40. The van der Waals surface area contributed by atoms with Gasteiger partial charge in [0.2, 0.25) is 0 Å². The Labute approximate surface area is 110 Å². The first kappa shape index (κ1) is 12.8. The molecule has 0 aliphatic carbocycles. The highest BCUT2D eigenvalue weighted by molar-refractivity contribution is 9.10. The lowest BCUT2D eigenvalue weighted by Gasteiger charge is -2.36. The lowest BCUT2D eigenvalue weighted by atomic mass is 9.94. The van der Waals surface area contributed by atoms with Crippen molar-refractivity contribution in [1.82, 2.24) is 0 Å². The van der Waals surface area contributed by atoms with Crippen LogP contribution in [0.5, 0.6) is 0 Å². The van der Waals surface area contributed by atoms with E-state index in [9.17, 15) is 4.39 Å². The van der Waals surface area contributed by atoms with Gasteiger partial charge in [-0.1, -0.05) is 0 Å². The van der Waals surface area contributed by atoms with Gasteiger partial charge in [0.25, 0.3) is 0 Å². The van der Waals surface area contributed by atoms with Crippen molar-refractivity contribution in [2.45, 2.75) is 38.3 Å². The normalized spacial score (nSPS) is 23.4. The molecule has 0 amide bonds. The van der Waals surface area contributed by atoms with Gasteiger partial charge in [0.1, 0.15) is 5.82 Å². The van der Waals surface area contributed by atoms with Crippen molar-refractivity contribution in [2.75, 3.05) is 11.9 Å². The highest BCUT2D eigenvalue weighted by Gasteiger charge is 2.28. The van der Waals surface area contributed by atoms with Crippen LogP contribution in [0.2, 0.25) is 0 Å². The molecular formula is C13H17BrFNO. The van der Waals surface area contributed by atoms with Crippen molar-refractivity contribution in [3.05, 3.63) is 28.5 Å². The van der Waals surface area contributed by atoms with E-state index >= 15 is 0 Å². The number of benzene rings is 1. The van der Waals surface area contributed by atoms with Gasteiger partial charge >= 0.3 is 0 Å². The Balaban J connectivity index is 2.03. The van der Waals surface area contributed by atoms with Crippen LogP contribution in [0.25, 0.3) is 0 Å². The molecule has 0 aromatic heterocycles. The molecule has 1 aliphatic heterocycles. The van der Waals surface area contributed by atoms with E-state index in [1.807, 2.05) is 6.07 Å². The molecule has 4 heteroatoms. The minimum atomic E-state index is -0.235. The lowest BCUT2D eigenvalue weighted by molar-refractivity contribution is -0.0553. The molecule has 1 unspecified atom stereocenters. The van der Waals surface area contributed by atoms with E-state index in [-0.39, 0.29) is 11.4 Å². The Morgan fingerprint density at radius 3 is 2.88 bits per heavy atom. The third-order valence-corrected chi connectivity index (χ3v) is 3.63. The maximum Gasteiger partial charge on any atom is 0.139 e. The van der Waals surface area contributed by atoms with Crippen LogP contribution in [-0.2, 0) is 4.74 Å². The molecule has 1 heterocycles. The van der Waals surface area contributed by atoms with Crippen molar-refractivity contribution in [3.8, 4) is 0 Å². The molecule has 0 saturated carbocycles. The standard InChI is InChI=1S/C13H17BrFNO/c1-13(2)8-10(5-6-17-13)16-9-3-4-11(14)12(15)7-9/h3-4,7,10,16H,5-6,8H2,1-2H3. The molecule has 1 atom stereocenters. The Hall–Kier alpha value is -0.610. The van der Waals surface area contributed by atoms with E-state index in [0.29, 0.717) is 10.5 Å². The predicted molar refractivity (Wildman–Crippen MR) is 70.8 cm³/mol. The van der Waals surface area contributed by atoms with Crippen LogP contribution in [-0.4, -0.2) is 18.2 Å². The second-order valence-corrected chi connectivity index (χ2v) is 5.93. The van der Waals surface area contributed by atoms with E-state index in [2.05, 4.69) is 35.1 Å². The van der Waals surface area contributed by atoms with Gasteiger partial charge in [-0.05, 0) is 60.8 Å². The number of nitrogens with one attached hydrogen (secondary N) is 1. The van der Waals surface area contributed by atoms with E-state index in [0.717, 1.165) is 25.1 Å². The van der Waals surface area contributed by atoms with Crippen molar-refractivity contribution in [3.63, 3.8) is 0 Å². The fourth-order valence-electron chi connectivity index (χ4n) is 2.18. The van der Waals surface area contributed by atoms with E-state index in [1.54, 1.807) is 6.07 Å². The molecule has 1 fully saturated rings. The van der Waals surface area contributed by atoms with Gasteiger partial charge in [0.15, 0.2) is 0 Å². The molecule has 1 aliphatic rings. The van der Waals surface area contributed by atoms with Crippen LogP contribution in [0.1, 0.15) is 26.7 Å². The maximum atomic E-state index is 13.4. The van der Waals surface area contributed by atoms with Gasteiger partial charge in [-0.25, -0.2) is 4.39 Å². The average molecular weight is 302 g/mol. The summed E-state index contributed by atoms with van der Waals surface area (Å²) in [5.41, 5.74) is 0.734. The van der Waals surface area contributed by atoms with Gasteiger partial charge in [-0.15, -0.1) is 0 Å². The average Bonchev–Trinajstić information content (AvgIpc) is 2.22. The number of hydrogen-bond donors (Lipinski definition) is 1. The van der Waals surface area contributed by atoms with Gasteiger partial charge in [-0.3, -0.25) is 0 Å². The fraction of sp³-hybridized carbons (Fsp3) is 0.538. The van der Waals surface area contributed by atoms with Crippen molar-refractivity contribution >= 4 is 21.6 Å². The van der Waals surface area contributed by atoms with E-state index in [1.165, 1.54) is 6.07 Å². The highest BCUT2D eigenvalue weighted by Crippen LogP contribution is 2.27. The zero-order chi connectivity index (χ0) is 12.5. The molecule has 2 nitrogen and oxygen atoms in total. The summed E-state index contributed by atoms with van der Waals surface area (Å²) in [5, 5.41) is 3.36. The molecule has 94 valence electrons. The number of anilines is 1. The first-order valence-corrected chi connectivity index (χ1v) is 6.61. The van der Waals surface area contributed by atoms with Crippen molar-refractivity contribution in [1.29, 1.82) is 0 Å². The molecule has 0 spiro atoms. The topological polar surface area (TPSA) is 21.3 Å². The third kappa shape index (κ3) is 3.42. The van der Waals surface area contributed by atoms with Crippen LogP contribution >= 0.6 is 15.9 Å². The Bertz CT molecular complexity index is 408. The molecule has 1 N–H and O–H groups in total. The molecule has 1 aromatic carbocycles. The molecule has 1 saturated heterocycles. The number of ether oxygens (including phenoxy) is 1. The summed E-state index contributed by atoms with van der Waals surface area (Å²) in [4.78, 5) is 0. The zero-order valence-corrected chi connectivity index (χ0v) is 11.7. The molecule has 0 bridgehead atoms. The largest absolute Gasteiger partial charge is 0.382 e. The first-order chi connectivity index (χ1) is 7.96. The van der Waals surface area contributed by atoms with Gasteiger partial charge in [0.05, 0.1) is 10.1 Å². The van der Waals surface area contributed by atoms with E-state index in [4.69, 9.17) is 4.74 Å². The van der Waals surface area contributed by atoms with Crippen molar-refractivity contribution < 1.29 is 9.13 Å². The summed E-state index contributed by atoms with van der Waals surface area (Å²) in [6, 6.07) is 5.48. The second kappa shape index (κ2) is 4.94. The molecule has 2 rings (SSSR count). The Morgan fingerprint density at radius 1 is 1.47 bits per heavy atom. The summed E-state index contributed by atoms with van der Waals surface area (Å²) in [6.45, 7) is 4.93. The van der Waals surface area contributed by atoms with Crippen molar-refractivity contribution in [2.24, 2.45) is 0 Å². The molecule has 1 aromatic rings. The van der Waals surface area contributed by atoms with Crippen LogP contribution in [0.3, 0.4) is 0 Å². The Morgan fingerprint density at radius 2 is 2.24 bits per heavy atom. The van der Waals surface area contributed by atoms with Crippen LogP contribution in [0.15, 0.2) is 22.7 Å². The Kier molecular flexibility index (Phi) is 3.73. The molecule has 0 radical (unpaired) electrons. The second-order valence-electron chi connectivity index (χ2n) is 5.07. The summed E-state index contributed by atoms with van der Waals surface area (Å²) in [5.74, 6) is -0.235. The number of hydrogen-bond acceptors (Lipinski definition) is 2. The van der Waals surface area contributed by atoms with E-state index < -0.39 is 0 Å². The third-order valence-electron chi connectivity index (χ3n) is 2.99. The maximum absolute atomic E-state index is 13.4. The van der Waals surface area contributed by atoms with Gasteiger partial charge in [0, 0.05) is 18.3 Å². The molecule has 17 heavy (non-hydrogen) atoms. The predicted octanol–water partition coefficient (Wildman–Crippen LogP) is 3.96. The smallest absolute Gasteiger partial charge is 0.139 e. The SMILES string of the molecule is CC1(C)CC(Nc2ccc(Br)c(F)c2)CCO1. The van der Waals surface area contributed by atoms with Gasteiger partial charge in [-0.2, -0.15) is 0 Å². The number of halogens is 2. The van der Waals surface area contributed by atoms with Gasteiger partial charge < -0.3 is 10.1 Å². The zero-order valence-electron chi connectivity index (χ0n) is 10.1. The minimum absolute atomic E-state index is 0.0934.